The molecule has 0 amide bonds. The number of carboxylic acid groups (broad SMARTS) is 1. The van der Waals surface area contributed by atoms with Crippen LogP contribution in [0.1, 0.15) is 129 Å². The number of hydrogen-bond acceptors (Lipinski definition) is 2. The van der Waals surface area contributed by atoms with Crippen molar-refractivity contribution in [1.29, 1.82) is 0 Å². The van der Waals surface area contributed by atoms with Crippen molar-refractivity contribution in [1.82, 2.24) is 0 Å². The first kappa shape index (κ1) is 30.9. The number of carboxylic acids is 1. The van der Waals surface area contributed by atoms with Gasteiger partial charge in [0.05, 0.1) is 13.0 Å². The van der Waals surface area contributed by atoms with E-state index in [-0.39, 0.29) is 23.9 Å². The predicted octanol–water partition coefficient (Wildman–Crippen LogP) is 9.19. The fraction of sp³-hybridized carbons (Fsp3) is 0.767. The van der Waals surface area contributed by atoms with Gasteiger partial charge in [0, 0.05) is 10.9 Å². The first-order valence-corrected chi connectivity index (χ1v) is 15.9. The standard InChI is InChI=1S/C30H52O3S/c1-3-5-6-7-8-9-10-11-12-13-14-15-16-17-18-21-27-34(26-4-2)29-23-20-19-22-28(29)33-25-24-30(31)32/h19-20,22-23H,3-18,21,24-27H2,1-2H3/p+1. The lowest BCUT2D eigenvalue weighted by Crippen LogP contribution is -2.15. The first-order valence-electron chi connectivity index (χ1n) is 14.3. The van der Waals surface area contributed by atoms with E-state index in [2.05, 4.69) is 26.0 Å². The first-order chi connectivity index (χ1) is 16.7. The average molecular weight is 494 g/mol. The molecule has 0 spiro atoms. The molecule has 196 valence electrons. The van der Waals surface area contributed by atoms with Crippen molar-refractivity contribution < 1.29 is 14.6 Å². The van der Waals surface area contributed by atoms with Crippen LogP contribution in [-0.4, -0.2) is 29.2 Å². The lowest BCUT2D eigenvalue weighted by atomic mass is 10.0. The minimum Gasteiger partial charge on any atom is -0.488 e. The van der Waals surface area contributed by atoms with Gasteiger partial charge in [-0.2, -0.15) is 0 Å². The number of para-hydroxylation sites is 1. The van der Waals surface area contributed by atoms with Gasteiger partial charge in [-0.05, 0) is 31.4 Å². The highest BCUT2D eigenvalue weighted by molar-refractivity contribution is 7.97. The molecule has 1 aromatic carbocycles. The van der Waals surface area contributed by atoms with Crippen LogP contribution < -0.4 is 4.74 Å². The second kappa shape index (κ2) is 22.3. The Balaban J connectivity index is 2.11. The molecule has 0 saturated carbocycles. The van der Waals surface area contributed by atoms with Gasteiger partial charge in [-0.15, -0.1) is 0 Å². The molecular weight excluding hydrogens is 440 g/mol. The number of benzene rings is 1. The van der Waals surface area contributed by atoms with Gasteiger partial charge in [0.1, 0.15) is 11.5 Å². The van der Waals surface area contributed by atoms with Crippen LogP contribution >= 0.6 is 0 Å². The Morgan fingerprint density at radius 2 is 1.21 bits per heavy atom. The molecule has 3 nitrogen and oxygen atoms in total. The van der Waals surface area contributed by atoms with Gasteiger partial charge in [-0.1, -0.05) is 116 Å². The van der Waals surface area contributed by atoms with E-state index in [0.717, 1.165) is 5.75 Å². The molecule has 1 aromatic rings. The topological polar surface area (TPSA) is 46.5 Å². The minimum absolute atomic E-state index is 0.0506. The molecule has 0 bridgehead atoms. The maximum Gasteiger partial charge on any atom is 0.306 e. The zero-order chi connectivity index (χ0) is 24.7. The summed E-state index contributed by atoms with van der Waals surface area (Å²) in [6.45, 7) is 4.78. The number of hydrogen-bond donors (Lipinski definition) is 1. The predicted molar refractivity (Wildman–Crippen MR) is 149 cm³/mol. The van der Waals surface area contributed by atoms with Crippen molar-refractivity contribution in [2.75, 3.05) is 18.1 Å². The molecular formula is C30H53O3S+. The minimum atomic E-state index is -0.807. The molecule has 0 saturated heterocycles. The molecule has 4 heteroatoms. The third-order valence-corrected chi connectivity index (χ3v) is 9.07. The van der Waals surface area contributed by atoms with Crippen LogP contribution in [-0.2, 0) is 15.7 Å². The van der Waals surface area contributed by atoms with Crippen LogP contribution in [0.3, 0.4) is 0 Å². The smallest absolute Gasteiger partial charge is 0.306 e. The Labute approximate surface area is 213 Å². The molecule has 0 aliphatic heterocycles. The fourth-order valence-electron chi connectivity index (χ4n) is 4.45. The highest BCUT2D eigenvalue weighted by atomic mass is 32.2. The molecule has 0 aromatic heterocycles. The Kier molecular flexibility index (Phi) is 20.3. The zero-order valence-electron chi connectivity index (χ0n) is 22.3. The Morgan fingerprint density at radius 1 is 0.706 bits per heavy atom. The number of carbonyl (C=O) groups is 1. The fourth-order valence-corrected chi connectivity index (χ4v) is 6.82. The van der Waals surface area contributed by atoms with E-state index in [0.29, 0.717) is 0 Å². The Morgan fingerprint density at radius 3 is 1.71 bits per heavy atom. The van der Waals surface area contributed by atoms with Crippen LogP contribution in [0, 0.1) is 0 Å². The van der Waals surface area contributed by atoms with Crippen molar-refractivity contribution in [2.45, 2.75) is 134 Å². The molecule has 1 unspecified atom stereocenters. The Bertz CT molecular complexity index is 604. The van der Waals surface area contributed by atoms with E-state index in [9.17, 15) is 4.79 Å². The van der Waals surface area contributed by atoms with Gasteiger partial charge >= 0.3 is 5.97 Å². The van der Waals surface area contributed by atoms with Crippen LogP contribution in [0.4, 0.5) is 0 Å². The van der Waals surface area contributed by atoms with E-state index in [1.54, 1.807) is 0 Å². The summed E-state index contributed by atoms with van der Waals surface area (Å²) >= 11 is 0. The average Bonchev–Trinajstić information content (AvgIpc) is 2.83. The second-order valence-electron chi connectivity index (χ2n) is 9.64. The third kappa shape index (κ3) is 16.5. The van der Waals surface area contributed by atoms with Gasteiger partial charge < -0.3 is 9.84 Å². The normalized spacial score (nSPS) is 12.1. The van der Waals surface area contributed by atoms with E-state index >= 15 is 0 Å². The van der Waals surface area contributed by atoms with Crippen LogP contribution in [0.2, 0.25) is 0 Å². The quantitative estimate of drug-likeness (QED) is 0.115. The summed E-state index contributed by atoms with van der Waals surface area (Å²) in [7, 11) is 0.197. The van der Waals surface area contributed by atoms with Crippen molar-refractivity contribution in [2.24, 2.45) is 0 Å². The van der Waals surface area contributed by atoms with E-state index < -0.39 is 5.97 Å². The summed E-state index contributed by atoms with van der Waals surface area (Å²) in [4.78, 5) is 12.1. The van der Waals surface area contributed by atoms with Crippen LogP contribution in [0.25, 0.3) is 0 Å². The van der Waals surface area contributed by atoms with Gasteiger partial charge in [0.25, 0.3) is 0 Å². The summed E-state index contributed by atoms with van der Waals surface area (Å²) in [5.74, 6) is 2.50. The molecule has 0 aliphatic carbocycles. The zero-order valence-corrected chi connectivity index (χ0v) is 23.1. The molecule has 1 rings (SSSR count). The molecule has 0 radical (unpaired) electrons. The largest absolute Gasteiger partial charge is 0.488 e. The third-order valence-electron chi connectivity index (χ3n) is 6.43. The number of ether oxygens (including phenoxy) is 1. The van der Waals surface area contributed by atoms with Crippen molar-refractivity contribution in [3.05, 3.63) is 24.3 Å². The highest BCUT2D eigenvalue weighted by Gasteiger charge is 2.24. The summed E-state index contributed by atoms with van der Waals surface area (Å²) in [6, 6.07) is 8.26. The maximum absolute atomic E-state index is 10.8. The maximum atomic E-state index is 10.8. The molecule has 0 fully saturated rings. The summed E-state index contributed by atoms with van der Waals surface area (Å²) in [5.41, 5.74) is 0. The van der Waals surface area contributed by atoms with Crippen molar-refractivity contribution in [3.8, 4) is 5.75 Å². The number of aliphatic carboxylic acids is 1. The second-order valence-corrected chi connectivity index (χ2v) is 11.9. The molecule has 1 atom stereocenters. The van der Waals surface area contributed by atoms with Gasteiger partial charge in [0.2, 0.25) is 0 Å². The SMILES string of the molecule is CCCCCCCCCCCCCCCCCC[S+](CCC)c1ccccc1OCCC(=O)O. The van der Waals surface area contributed by atoms with Crippen molar-refractivity contribution >= 4 is 16.9 Å². The highest BCUT2D eigenvalue weighted by Crippen LogP contribution is 2.28. The number of unbranched alkanes of at least 4 members (excludes halogenated alkanes) is 15. The van der Waals surface area contributed by atoms with Gasteiger partial charge in [0.15, 0.2) is 10.6 Å². The molecule has 0 heterocycles. The molecule has 1 N–H and O–H groups in total. The monoisotopic (exact) mass is 493 g/mol. The lowest BCUT2D eigenvalue weighted by molar-refractivity contribution is -0.137. The Hall–Kier alpha value is -1.16. The lowest BCUT2D eigenvalue weighted by Gasteiger charge is -2.12. The summed E-state index contributed by atoms with van der Waals surface area (Å²) in [6.07, 6.45) is 23.7. The van der Waals surface area contributed by atoms with E-state index in [4.69, 9.17) is 9.84 Å². The van der Waals surface area contributed by atoms with Gasteiger partial charge in [-0.25, -0.2) is 0 Å². The van der Waals surface area contributed by atoms with E-state index in [1.165, 1.54) is 126 Å². The van der Waals surface area contributed by atoms with Gasteiger partial charge in [-0.3, -0.25) is 4.79 Å². The summed E-state index contributed by atoms with van der Waals surface area (Å²) in [5, 5.41) is 8.88. The van der Waals surface area contributed by atoms with Crippen LogP contribution in [0.5, 0.6) is 5.75 Å². The van der Waals surface area contributed by atoms with Crippen molar-refractivity contribution in [3.63, 3.8) is 0 Å². The number of rotatable bonds is 24. The van der Waals surface area contributed by atoms with E-state index in [1.807, 2.05) is 12.1 Å². The molecule has 0 aliphatic rings. The molecule has 34 heavy (non-hydrogen) atoms. The van der Waals surface area contributed by atoms with Crippen LogP contribution in [0.15, 0.2) is 29.2 Å². The summed E-state index contributed by atoms with van der Waals surface area (Å²) < 4.78 is 5.83.